The summed E-state index contributed by atoms with van der Waals surface area (Å²) in [6.45, 7) is 7.47. The van der Waals surface area contributed by atoms with E-state index in [1.165, 1.54) is 38.2 Å². The van der Waals surface area contributed by atoms with Gasteiger partial charge in [0, 0.05) is 0 Å². The molecule has 157 valence electrons. The van der Waals surface area contributed by atoms with Crippen LogP contribution in [0.4, 0.5) is 0 Å². The standard InChI is InChI=1S/C30H37/c1-3-5-7-9-11-13-15-17-19-21-23-25-27-29-30-28-26-24-22-20-18-16-14-12-10-8-6-4-2/h1,3,5,7,9,11,13-30H,4,6,8,10,12H2,2H3. The molecule has 0 spiro atoms. The lowest BCUT2D eigenvalue weighted by atomic mass is 10.1. The molecule has 0 atom stereocenters. The lowest BCUT2D eigenvalue weighted by molar-refractivity contribution is 0.674. The number of rotatable bonds is 16. The Labute approximate surface area is 185 Å². The number of hydrogen-bond donors (Lipinski definition) is 0. The van der Waals surface area contributed by atoms with E-state index in [1.54, 1.807) is 6.08 Å². The molecule has 0 aromatic heterocycles. The molecule has 0 rings (SSSR count). The fraction of sp³-hybridized carbons (Fsp3) is 0.200. The average molecular weight is 398 g/mol. The summed E-state index contributed by atoms with van der Waals surface area (Å²) < 4.78 is 0. The zero-order valence-corrected chi connectivity index (χ0v) is 18.4. The summed E-state index contributed by atoms with van der Waals surface area (Å²) in [6.07, 6.45) is 52.0. The third-order valence-electron chi connectivity index (χ3n) is 3.69. The molecule has 0 bridgehead atoms. The minimum atomic E-state index is 1.18. The Kier molecular flexibility index (Phi) is 23.2. The molecule has 0 aromatic carbocycles. The van der Waals surface area contributed by atoms with Gasteiger partial charge in [0.2, 0.25) is 0 Å². The number of allylic oxidation sites excluding steroid dienone is 23. The molecule has 0 saturated heterocycles. The van der Waals surface area contributed by atoms with Crippen molar-refractivity contribution in [3.8, 4) is 0 Å². The third kappa shape index (κ3) is 24.9. The Bertz CT molecular complexity index is 707. The van der Waals surface area contributed by atoms with Crippen molar-refractivity contribution in [2.24, 2.45) is 0 Å². The summed E-state index contributed by atoms with van der Waals surface area (Å²) in [5.41, 5.74) is 0. The molecule has 0 heteroatoms. The van der Waals surface area contributed by atoms with Gasteiger partial charge in [0.1, 0.15) is 0 Å². The van der Waals surface area contributed by atoms with Gasteiger partial charge in [-0.2, -0.15) is 0 Å². The minimum Gasteiger partial charge on any atom is -0.0845 e. The molecule has 0 aliphatic rings. The van der Waals surface area contributed by atoms with Crippen molar-refractivity contribution >= 4 is 0 Å². The van der Waals surface area contributed by atoms with E-state index in [4.69, 9.17) is 6.58 Å². The molecule has 0 aliphatic heterocycles. The molecule has 0 unspecified atom stereocenters. The second kappa shape index (κ2) is 25.9. The first-order valence-corrected chi connectivity index (χ1v) is 10.8. The van der Waals surface area contributed by atoms with Crippen LogP contribution in [-0.4, -0.2) is 0 Å². The molecular weight excluding hydrogens is 360 g/mol. The Morgan fingerprint density at radius 3 is 1.07 bits per heavy atom. The molecule has 0 nitrogen and oxygen atoms in total. The summed E-state index contributed by atoms with van der Waals surface area (Å²) in [6, 6.07) is 0. The van der Waals surface area contributed by atoms with Gasteiger partial charge in [0.15, 0.2) is 0 Å². The van der Waals surface area contributed by atoms with Crippen molar-refractivity contribution < 1.29 is 0 Å². The van der Waals surface area contributed by atoms with Crippen LogP contribution in [0.2, 0.25) is 0 Å². The lowest BCUT2D eigenvalue weighted by Gasteiger charge is -1.92. The van der Waals surface area contributed by atoms with Gasteiger partial charge in [-0.25, -0.2) is 0 Å². The summed E-state index contributed by atoms with van der Waals surface area (Å²) in [7, 11) is 0. The summed E-state index contributed by atoms with van der Waals surface area (Å²) in [4.78, 5) is 0. The Morgan fingerprint density at radius 2 is 0.733 bits per heavy atom. The first-order chi connectivity index (χ1) is 14.9. The maximum Gasteiger partial charge on any atom is -0.0348 e. The first kappa shape index (κ1) is 26.9. The van der Waals surface area contributed by atoms with Crippen molar-refractivity contribution in [3.63, 3.8) is 0 Å². The number of hydrogen-bond acceptors (Lipinski definition) is 0. The van der Waals surface area contributed by atoms with Crippen LogP contribution in [-0.2, 0) is 0 Å². The van der Waals surface area contributed by atoms with Gasteiger partial charge < -0.3 is 0 Å². The van der Waals surface area contributed by atoms with Crippen LogP contribution >= 0.6 is 0 Å². The second-order valence-corrected chi connectivity index (χ2v) is 6.32. The summed E-state index contributed by atoms with van der Waals surface area (Å²) >= 11 is 0. The minimum absolute atomic E-state index is 1.18. The highest BCUT2D eigenvalue weighted by atomic mass is 13.9. The predicted octanol–water partition coefficient (Wildman–Crippen LogP) is 9.06. The molecule has 0 N–H and O–H groups in total. The molecule has 0 aromatic rings. The topological polar surface area (TPSA) is 0 Å². The van der Waals surface area contributed by atoms with Crippen LogP contribution in [0.15, 0.2) is 140 Å². The van der Waals surface area contributed by atoms with E-state index in [1.807, 2.05) is 103 Å². The van der Waals surface area contributed by atoms with Gasteiger partial charge in [-0.15, -0.1) is 0 Å². The van der Waals surface area contributed by atoms with Gasteiger partial charge >= 0.3 is 0 Å². The van der Waals surface area contributed by atoms with Crippen molar-refractivity contribution in [2.45, 2.75) is 39.0 Å². The Morgan fingerprint density at radius 1 is 0.400 bits per heavy atom. The van der Waals surface area contributed by atoms with E-state index < -0.39 is 0 Å². The highest BCUT2D eigenvalue weighted by Crippen LogP contribution is 2.02. The van der Waals surface area contributed by atoms with Crippen LogP contribution in [0.25, 0.3) is 0 Å². The molecule has 0 saturated carbocycles. The van der Waals surface area contributed by atoms with E-state index in [-0.39, 0.29) is 0 Å². The van der Waals surface area contributed by atoms with Gasteiger partial charge in [0.25, 0.3) is 0 Å². The summed E-state index contributed by atoms with van der Waals surface area (Å²) in [5.74, 6) is 0. The van der Waals surface area contributed by atoms with Gasteiger partial charge in [-0.3, -0.25) is 0 Å². The molecule has 0 fully saturated rings. The molecule has 1 radical (unpaired) electrons. The monoisotopic (exact) mass is 397 g/mol. The molecule has 0 aliphatic carbocycles. The largest absolute Gasteiger partial charge is 0.0845 e. The number of unbranched alkanes of at least 4 members (excludes halogenated alkanes) is 4. The van der Waals surface area contributed by atoms with Gasteiger partial charge in [0.05, 0.1) is 0 Å². The van der Waals surface area contributed by atoms with Crippen molar-refractivity contribution in [3.05, 3.63) is 146 Å². The quantitative estimate of drug-likeness (QED) is 0.180. The van der Waals surface area contributed by atoms with E-state index in [0.717, 1.165) is 0 Å². The van der Waals surface area contributed by atoms with Crippen LogP contribution in [0.3, 0.4) is 0 Å². The molecule has 0 amide bonds. The fourth-order valence-corrected chi connectivity index (χ4v) is 2.15. The van der Waals surface area contributed by atoms with Crippen molar-refractivity contribution in [2.75, 3.05) is 0 Å². The van der Waals surface area contributed by atoms with E-state index >= 15 is 0 Å². The van der Waals surface area contributed by atoms with Crippen molar-refractivity contribution in [1.29, 1.82) is 0 Å². The van der Waals surface area contributed by atoms with Crippen LogP contribution in [0.1, 0.15) is 39.0 Å². The van der Waals surface area contributed by atoms with Crippen LogP contribution < -0.4 is 0 Å². The second-order valence-electron chi connectivity index (χ2n) is 6.32. The van der Waals surface area contributed by atoms with E-state index in [2.05, 4.69) is 31.2 Å². The first-order valence-electron chi connectivity index (χ1n) is 10.8. The molecule has 30 heavy (non-hydrogen) atoms. The zero-order chi connectivity index (χ0) is 21.8. The lowest BCUT2D eigenvalue weighted by Crippen LogP contribution is -1.72. The van der Waals surface area contributed by atoms with E-state index in [0.29, 0.717) is 0 Å². The maximum atomic E-state index is 5.23. The predicted molar refractivity (Wildman–Crippen MR) is 138 cm³/mol. The van der Waals surface area contributed by atoms with Gasteiger partial charge in [-0.05, 0) is 12.8 Å². The van der Waals surface area contributed by atoms with Crippen LogP contribution in [0.5, 0.6) is 0 Å². The van der Waals surface area contributed by atoms with Crippen LogP contribution in [0, 0.1) is 6.58 Å². The maximum absolute atomic E-state index is 5.23. The normalized spacial score (nSPS) is 14.2. The SMILES string of the molecule is [CH]=CC=CC=CC=CC=CC=CC=CC=CC=CC=CC=CC=CCCCCCC. The average Bonchev–Trinajstić information content (AvgIpc) is 2.76. The Balaban J connectivity index is 3.85. The zero-order valence-electron chi connectivity index (χ0n) is 18.4. The van der Waals surface area contributed by atoms with E-state index in [9.17, 15) is 0 Å². The van der Waals surface area contributed by atoms with Crippen molar-refractivity contribution in [1.82, 2.24) is 0 Å². The third-order valence-corrected chi connectivity index (χ3v) is 3.69. The molecular formula is C30H37. The smallest absolute Gasteiger partial charge is 0.0348 e. The summed E-state index contributed by atoms with van der Waals surface area (Å²) in [5, 5.41) is 0. The van der Waals surface area contributed by atoms with Gasteiger partial charge in [-0.1, -0.05) is 173 Å². The highest BCUT2D eigenvalue weighted by molar-refractivity contribution is 5.23. The Hall–Kier alpha value is -3.12. The highest BCUT2D eigenvalue weighted by Gasteiger charge is 1.82. The fourth-order valence-electron chi connectivity index (χ4n) is 2.15. The molecule has 0 heterocycles.